The van der Waals surface area contributed by atoms with E-state index in [1.54, 1.807) is 0 Å². The third kappa shape index (κ3) is 21.4. The molecule has 0 radical (unpaired) electrons. The zero-order chi connectivity index (χ0) is 60.1. The molecule has 1 aliphatic rings. The number of unbranched alkanes of at least 4 members (excludes halogenated alkanes) is 4. The fraction of sp³-hybridized carbons (Fsp3) is 0.409. The van der Waals surface area contributed by atoms with Crippen LogP contribution in [-0.2, 0) is 114 Å². The third-order valence-corrected chi connectivity index (χ3v) is 13.0. The molecule has 0 saturated heterocycles. The highest BCUT2D eigenvalue weighted by Crippen LogP contribution is 2.41. The summed E-state index contributed by atoms with van der Waals surface area (Å²) in [6.07, 6.45) is 14.3. The number of benzene rings is 4. The van der Waals surface area contributed by atoms with Crippen LogP contribution in [0, 0.1) is 0 Å². The first-order valence-electron chi connectivity index (χ1n) is 28.2. The van der Waals surface area contributed by atoms with Gasteiger partial charge in [0.05, 0.1) is 40.6 Å². The first-order chi connectivity index (χ1) is 40.1. The fourth-order valence-electron chi connectivity index (χ4n) is 8.94. The number of ether oxygens (including phenoxy) is 10. The molecule has 0 saturated carbocycles. The number of ketones is 1. The van der Waals surface area contributed by atoms with Crippen molar-refractivity contribution in [2.75, 3.05) is 40.6 Å². The van der Waals surface area contributed by atoms with Crippen molar-refractivity contribution in [2.45, 2.75) is 138 Å². The van der Waals surface area contributed by atoms with Crippen LogP contribution in [0.5, 0.6) is 23.0 Å². The van der Waals surface area contributed by atoms with Crippen LogP contribution in [0.3, 0.4) is 0 Å². The second kappa shape index (κ2) is 34.7. The number of allylic oxidation sites excluding steroid dienone is 1. The summed E-state index contributed by atoms with van der Waals surface area (Å²) in [4.78, 5) is 87.7. The number of carbonyl (C=O) groups is 7. The normalized spacial score (nSPS) is 11.9. The van der Waals surface area contributed by atoms with Crippen molar-refractivity contribution >= 4 is 41.6 Å². The summed E-state index contributed by atoms with van der Waals surface area (Å²) in [5.41, 5.74) is 8.11. The van der Waals surface area contributed by atoms with Crippen molar-refractivity contribution in [3.8, 4) is 23.0 Å². The Balaban J connectivity index is 1.95. The van der Waals surface area contributed by atoms with Gasteiger partial charge in [-0.2, -0.15) is 0 Å². The topological polar surface area (TPSA) is 212 Å². The van der Waals surface area contributed by atoms with Gasteiger partial charge in [0.2, 0.25) is 0 Å². The van der Waals surface area contributed by atoms with E-state index in [2.05, 4.69) is 43.7 Å². The molecule has 0 spiro atoms. The molecule has 444 valence electrons. The average molecular weight is 1140 g/mol. The van der Waals surface area contributed by atoms with Crippen LogP contribution >= 0.6 is 0 Å². The van der Waals surface area contributed by atoms with E-state index in [9.17, 15) is 33.6 Å². The maximum Gasteiger partial charge on any atom is 0.331 e. The van der Waals surface area contributed by atoms with Gasteiger partial charge in [-0.15, -0.1) is 0 Å². The second-order valence-corrected chi connectivity index (χ2v) is 19.8. The molecule has 0 aliphatic heterocycles. The minimum absolute atomic E-state index is 0.107. The highest BCUT2D eigenvalue weighted by Gasteiger charge is 2.26. The zero-order valence-corrected chi connectivity index (χ0v) is 48.9. The molecule has 5 rings (SSSR count). The van der Waals surface area contributed by atoms with Gasteiger partial charge in [0.25, 0.3) is 0 Å². The Kier molecular flexibility index (Phi) is 27.3. The molecule has 1 aliphatic carbocycles. The maximum absolute atomic E-state index is 13.1. The fourth-order valence-corrected chi connectivity index (χ4v) is 8.94. The summed E-state index contributed by atoms with van der Waals surface area (Å²) in [6.45, 7) is 13.9. The van der Waals surface area contributed by atoms with Gasteiger partial charge in [-0.25, -0.2) is 28.8 Å². The predicted molar refractivity (Wildman–Crippen MR) is 310 cm³/mol. The number of fused-ring (bicyclic) bond motifs is 8. The van der Waals surface area contributed by atoms with E-state index in [1.165, 1.54) is 21.1 Å². The molecule has 0 unspecified atom stereocenters. The largest absolute Gasteiger partial charge is 0.493 e. The van der Waals surface area contributed by atoms with Crippen LogP contribution in [0.25, 0.3) is 0 Å². The molecule has 17 nitrogen and oxygen atoms in total. The van der Waals surface area contributed by atoms with E-state index in [1.807, 2.05) is 48.5 Å². The lowest BCUT2D eigenvalue weighted by atomic mass is 9.88. The Morgan fingerprint density at radius 1 is 0.373 bits per heavy atom. The maximum atomic E-state index is 13.1. The number of hydrogen-bond donors (Lipinski definition) is 0. The molecule has 0 amide bonds. The molecule has 4 aromatic carbocycles. The molecule has 8 bridgehead atoms. The summed E-state index contributed by atoms with van der Waals surface area (Å²) in [6, 6.07) is 15.4. The minimum Gasteiger partial charge on any atom is -0.493 e. The molecule has 83 heavy (non-hydrogen) atoms. The van der Waals surface area contributed by atoms with Gasteiger partial charge < -0.3 is 47.4 Å². The van der Waals surface area contributed by atoms with E-state index in [0.717, 1.165) is 111 Å². The third-order valence-electron chi connectivity index (χ3n) is 13.0. The summed E-state index contributed by atoms with van der Waals surface area (Å²) >= 11 is 0. The molecular weight excluding hydrogens is 1060 g/mol. The standard InChI is InChI=1S/C66H78O17/c1-9-14-24-76-63-49-28-45(40-80-57(68)13-5)29-50(63)37-53-32-47(42-82-61(72)22-20-58(69)74-7)33-55(65(53)78-26-16-11-3)39-56-35-48(43-83-62(73)23-21-59(70)75-8)34-54(66(56)79-27-17-12-4)38-52-31-46(41-81-60(71)19-18-44(6)67)30-51(36-49)64(52)77-25-15-10-2/h13,18-23,28-35H,5,9-12,14-17,24-27,36-43H2,1-4,6-8H3/b19-18-,22-20-,23-21-. The highest BCUT2D eigenvalue weighted by atomic mass is 16.6. The van der Waals surface area contributed by atoms with Gasteiger partial charge in [0.1, 0.15) is 49.4 Å². The smallest absolute Gasteiger partial charge is 0.331 e. The van der Waals surface area contributed by atoms with Crippen LogP contribution in [0.2, 0.25) is 0 Å². The second-order valence-electron chi connectivity index (χ2n) is 19.8. The number of hydrogen-bond acceptors (Lipinski definition) is 17. The van der Waals surface area contributed by atoms with Crippen molar-refractivity contribution < 1.29 is 80.9 Å². The van der Waals surface area contributed by atoms with Gasteiger partial charge in [-0.1, -0.05) is 60.0 Å². The Morgan fingerprint density at radius 2 is 0.602 bits per heavy atom. The van der Waals surface area contributed by atoms with Crippen molar-refractivity contribution in [1.82, 2.24) is 0 Å². The molecule has 0 heterocycles. The molecular formula is C66H78O17. The minimum atomic E-state index is -0.781. The monoisotopic (exact) mass is 1140 g/mol. The first kappa shape index (κ1) is 65.3. The van der Waals surface area contributed by atoms with E-state index < -0.39 is 35.8 Å². The van der Waals surface area contributed by atoms with Crippen molar-refractivity contribution in [3.05, 3.63) is 164 Å². The van der Waals surface area contributed by atoms with Crippen LogP contribution in [-0.4, -0.2) is 82.2 Å². The lowest BCUT2D eigenvalue weighted by molar-refractivity contribution is -0.140. The number of methoxy groups -OCH3 is 2. The number of esters is 6. The van der Waals surface area contributed by atoms with E-state index in [-0.39, 0.29) is 57.9 Å². The lowest BCUT2D eigenvalue weighted by Crippen LogP contribution is -2.13. The summed E-state index contributed by atoms with van der Waals surface area (Å²) < 4.78 is 59.9. The average Bonchev–Trinajstić information content (AvgIpc) is 3.58. The SMILES string of the molecule is C=CC(=O)OCc1cc2c(OCCCC)c(c1)Cc1cc(COC(=O)/C=C\C(=O)OC)cc(c1OCCCC)Cc1cc(COC(=O)/C=C\C(=O)OC)cc(c1OCCCC)Cc1cc(COC(=O)/C=C\C(C)=O)cc(c1OCCCC)C2. The quantitative estimate of drug-likeness (QED) is 0.0175. The van der Waals surface area contributed by atoms with Crippen LogP contribution in [0.1, 0.15) is 153 Å². The Hall–Kier alpha value is -8.47. The van der Waals surface area contributed by atoms with Gasteiger partial charge in [0, 0.05) is 62.1 Å². The summed E-state index contributed by atoms with van der Waals surface area (Å²) in [5.74, 6) is -2.37. The Morgan fingerprint density at radius 3 is 0.819 bits per heavy atom. The van der Waals surface area contributed by atoms with Crippen LogP contribution in [0.15, 0.2) is 97.6 Å². The van der Waals surface area contributed by atoms with E-state index >= 15 is 0 Å². The van der Waals surface area contributed by atoms with Gasteiger partial charge in [-0.3, -0.25) is 4.79 Å². The summed E-state index contributed by atoms with van der Waals surface area (Å²) in [7, 11) is 2.40. The van der Waals surface area contributed by atoms with E-state index in [4.69, 9.17) is 37.9 Å². The Bertz CT molecular complexity index is 3020. The first-order valence-corrected chi connectivity index (χ1v) is 28.2. The van der Waals surface area contributed by atoms with Gasteiger partial charge in [0.15, 0.2) is 5.78 Å². The van der Waals surface area contributed by atoms with Crippen molar-refractivity contribution in [2.24, 2.45) is 0 Å². The molecule has 17 heteroatoms. The van der Waals surface area contributed by atoms with E-state index in [0.29, 0.717) is 99.5 Å². The molecule has 0 fully saturated rings. The predicted octanol–water partition coefficient (Wildman–Crippen LogP) is 11.0. The molecule has 0 atom stereocenters. The van der Waals surface area contributed by atoms with Crippen LogP contribution in [0.4, 0.5) is 0 Å². The number of carbonyl (C=O) groups excluding carboxylic acids is 7. The van der Waals surface area contributed by atoms with Gasteiger partial charge in [-0.05, 0) is 154 Å². The van der Waals surface area contributed by atoms with Crippen molar-refractivity contribution in [1.29, 1.82) is 0 Å². The van der Waals surface area contributed by atoms with Gasteiger partial charge >= 0.3 is 35.8 Å². The highest BCUT2D eigenvalue weighted by molar-refractivity contribution is 5.94. The number of rotatable bonds is 31. The zero-order valence-electron chi connectivity index (χ0n) is 48.9. The van der Waals surface area contributed by atoms with Crippen molar-refractivity contribution in [3.63, 3.8) is 0 Å². The van der Waals surface area contributed by atoms with Crippen LogP contribution < -0.4 is 18.9 Å². The Labute approximate surface area is 486 Å². The summed E-state index contributed by atoms with van der Waals surface area (Å²) in [5, 5.41) is 0. The lowest BCUT2D eigenvalue weighted by Gasteiger charge is -2.25. The molecule has 0 N–H and O–H groups in total. The molecule has 0 aromatic heterocycles. The molecule has 4 aromatic rings.